The Morgan fingerprint density at radius 3 is 2.53 bits per heavy atom. The Balaban J connectivity index is 2.25. The Kier molecular flexibility index (Phi) is 3.92. The molecule has 1 unspecified atom stereocenters. The maximum absolute atomic E-state index is 10.6. The smallest absolute Gasteiger partial charge is 0.138 e. The van der Waals surface area contributed by atoms with Gasteiger partial charge in [-0.1, -0.05) is 23.7 Å². The van der Waals surface area contributed by atoms with E-state index in [4.69, 9.17) is 11.6 Å². The first kappa shape index (κ1) is 14.0. The van der Waals surface area contributed by atoms with Gasteiger partial charge in [-0.05, 0) is 38.5 Å². The molecule has 0 aliphatic carbocycles. The van der Waals surface area contributed by atoms with Crippen molar-refractivity contribution in [3.63, 3.8) is 0 Å². The molecule has 0 amide bonds. The first-order chi connectivity index (χ1) is 8.90. The second kappa shape index (κ2) is 5.31. The minimum absolute atomic E-state index is 0.221. The highest BCUT2D eigenvalue weighted by Gasteiger charge is 2.26. The molecule has 0 aliphatic rings. The van der Waals surface area contributed by atoms with Crippen molar-refractivity contribution in [1.29, 1.82) is 0 Å². The number of halogens is 1. The predicted octanol–water partition coefficient (Wildman–Crippen LogP) is 2.96. The lowest BCUT2D eigenvalue weighted by atomic mass is 9.92. The van der Waals surface area contributed by atoms with Gasteiger partial charge in [-0.3, -0.25) is 0 Å². The van der Waals surface area contributed by atoms with E-state index in [0.29, 0.717) is 11.4 Å². The van der Waals surface area contributed by atoms with Crippen LogP contribution in [0.5, 0.6) is 0 Å². The van der Waals surface area contributed by atoms with Crippen LogP contribution < -0.4 is 0 Å². The second-order valence-corrected chi connectivity index (χ2v) is 5.61. The maximum Gasteiger partial charge on any atom is 0.138 e. The molecule has 4 nitrogen and oxygen atoms in total. The topological polar surface area (TPSA) is 50.9 Å². The molecule has 1 aromatic carbocycles. The normalized spacial score (nSPS) is 14.6. The quantitative estimate of drug-likeness (QED) is 0.936. The fourth-order valence-corrected chi connectivity index (χ4v) is 2.18. The Morgan fingerprint density at radius 2 is 1.95 bits per heavy atom. The Bertz CT molecular complexity index is 546. The van der Waals surface area contributed by atoms with Crippen LogP contribution >= 0.6 is 11.6 Å². The number of rotatable bonds is 4. The second-order valence-electron chi connectivity index (χ2n) is 5.17. The molecule has 1 atom stereocenters. The van der Waals surface area contributed by atoms with E-state index >= 15 is 0 Å². The summed E-state index contributed by atoms with van der Waals surface area (Å²) < 4.78 is 1.82. The summed E-state index contributed by atoms with van der Waals surface area (Å²) in [6.07, 6.45) is 1.93. The van der Waals surface area contributed by atoms with Crippen molar-refractivity contribution in [2.24, 2.45) is 0 Å². The van der Waals surface area contributed by atoms with E-state index in [1.54, 1.807) is 19.1 Å². The monoisotopic (exact) mass is 279 g/mol. The molecular weight excluding hydrogens is 262 g/mol. The third kappa shape index (κ3) is 3.14. The molecule has 2 aromatic rings. The third-order valence-corrected chi connectivity index (χ3v) is 3.36. The van der Waals surface area contributed by atoms with Gasteiger partial charge in [-0.25, -0.2) is 9.67 Å². The van der Waals surface area contributed by atoms with Crippen molar-refractivity contribution in [3.8, 4) is 0 Å². The molecule has 0 bridgehead atoms. The van der Waals surface area contributed by atoms with E-state index in [2.05, 4.69) is 10.1 Å². The molecule has 2 rings (SSSR count). The van der Waals surface area contributed by atoms with E-state index in [1.807, 2.05) is 30.7 Å². The zero-order valence-corrected chi connectivity index (χ0v) is 12.1. The average molecular weight is 280 g/mol. The standard InChI is InChI=1S/C14H18ClN3O/c1-10(2)18-13(16-9-17-18)8-14(3,19)11-4-6-12(15)7-5-11/h4-7,9-10,19H,8H2,1-3H3. The molecule has 0 aliphatic heterocycles. The van der Waals surface area contributed by atoms with Crippen molar-refractivity contribution in [2.75, 3.05) is 0 Å². The van der Waals surface area contributed by atoms with Crippen LogP contribution in [-0.2, 0) is 12.0 Å². The van der Waals surface area contributed by atoms with Crippen molar-refractivity contribution >= 4 is 11.6 Å². The van der Waals surface area contributed by atoms with E-state index in [9.17, 15) is 5.11 Å². The number of hydrogen-bond acceptors (Lipinski definition) is 3. The van der Waals surface area contributed by atoms with Crippen molar-refractivity contribution in [2.45, 2.75) is 38.8 Å². The van der Waals surface area contributed by atoms with Gasteiger partial charge in [0.05, 0.1) is 5.60 Å². The first-order valence-electron chi connectivity index (χ1n) is 6.27. The van der Waals surface area contributed by atoms with Crippen LogP contribution in [0.25, 0.3) is 0 Å². The van der Waals surface area contributed by atoms with E-state index in [1.165, 1.54) is 6.33 Å². The van der Waals surface area contributed by atoms with Crippen LogP contribution in [0, 0.1) is 0 Å². The van der Waals surface area contributed by atoms with Gasteiger partial charge >= 0.3 is 0 Å². The zero-order valence-electron chi connectivity index (χ0n) is 11.3. The molecule has 0 fully saturated rings. The van der Waals surface area contributed by atoms with E-state index in [-0.39, 0.29) is 6.04 Å². The summed E-state index contributed by atoms with van der Waals surface area (Å²) in [5.41, 5.74) is -0.181. The molecule has 0 radical (unpaired) electrons. The molecule has 0 saturated carbocycles. The van der Waals surface area contributed by atoms with Gasteiger partial charge in [0.15, 0.2) is 0 Å². The highest BCUT2D eigenvalue weighted by molar-refractivity contribution is 6.30. The van der Waals surface area contributed by atoms with Crippen LogP contribution in [-0.4, -0.2) is 19.9 Å². The van der Waals surface area contributed by atoms with Crippen molar-refractivity contribution in [1.82, 2.24) is 14.8 Å². The first-order valence-corrected chi connectivity index (χ1v) is 6.65. The summed E-state index contributed by atoms with van der Waals surface area (Å²) in [6, 6.07) is 7.44. The molecule has 0 saturated heterocycles. The predicted molar refractivity (Wildman–Crippen MR) is 75.1 cm³/mol. The molecule has 102 valence electrons. The lowest BCUT2D eigenvalue weighted by Gasteiger charge is -2.24. The molecule has 1 heterocycles. The number of aliphatic hydroxyl groups is 1. The van der Waals surface area contributed by atoms with Crippen LogP contribution in [0.1, 0.15) is 38.2 Å². The van der Waals surface area contributed by atoms with E-state index < -0.39 is 5.60 Å². The van der Waals surface area contributed by atoms with Crippen LogP contribution in [0.2, 0.25) is 5.02 Å². The Hall–Kier alpha value is -1.39. The SMILES string of the molecule is CC(C)n1ncnc1CC(C)(O)c1ccc(Cl)cc1. The van der Waals surface area contributed by atoms with Crippen LogP contribution in [0.15, 0.2) is 30.6 Å². The summed E-state index contributed by atoms with van der Waals surface area (Å²) in [5.74, 6) is 0.773. The third-order valence-electron chi connectivity index (χ3n) is 3.10. The molecule has 19 heavy (non-hydrogen) atoms. The van der Waals surface area contributed by atoms with Crippen molar-refractivity contribution < 1.29 is 5.11 Å². The van der Waals surface area contributed by atoms with Gasteiger partial charge in [0.2, 0.25) is 0 Å². The lowest BCUT2D eigenvalue weighted by Crippen LogP contribution is -2.26. The molecule has 0 spiro atoms. The molecule has 1 aromatic heterocycles. The zero-order chi connectivity index (χ0) is 14.0. The number of hydrogen-bond donors (Lipinski definition) is 1. The van der Waals surface area contributed by atoms with Gasteiger partial charge in [0.25, 0.3) is 0 Å². The lowest BCUT2D eigenvalue weighted by molar-refractivity contribution is 0.0539. The number of benzene rings is 1. The van der Waals surface area contributed by atoms with Gasteiger partial charge in [-0.2, -0.15) is 5.10 Å². The van der Waals surface area contributed by atoms with Gasteiger partial charge < -0.3 is 5.11 Å². The minimum atomic E-state index is -0.996. The largest absolute Gasteiger partial charge is 0.385 e. The Labute approximate surface area is 118 Å². The Morgan fingerprint density at radius 1 is 1.32 bits per heavy atom. The summed E-state index contributed by atoms with van der Waals surface area (Å²) >= 11 is 5.86. The number of nitrogens with zero attached hydrogens (tertiary/aromatic N) is 3. The van der Waals surface area contributed by atoms with Gasteiger partial charge in [0, 0.05) is 17.5 Å². The fourth-order valence-electron chi connectivity index (χ4n) is 2.05. The maximum atomic E-state index is 10.6. The van der Waals surface area contributed by atoms with Crippen molar-refractivity contribution in [3.05, 3.63) is 47.0 Å². The fraction of sp³-hybridized carbons (Fsp3) is 0.429. The minimum Gasteiger partial charge on any atom is -0.385 e. The van der Waals surface area contributed by atoms with Crippen LogP contribution in [0.3, 0.4) is 0 Å². The molecule has 1 N–H and O–H groups in total. The highest BCUT2D eigenvalue weighted by atomic mass is 35.5. The summed E-state index contributed by atoms with van der Waals surface area (Å²) in [6.45, 7) is 5.85. The molecule has 5 heteroatoms. The number of aromatic nitrogens is 3. The van der Waals surface area contributed by atoms with Gasteiger partial charge in [0.1, 0.15) is 12.2 Å². The van der Waals surface area contributed by atoms with E-state index in [0.717, 1.165) is 11.4 Å². The molecular formula is C14H18ClN3O. The summed E-state index contributed by atoms with van der Waals surface area (Å²) in [4.78, 5) is 4.23. The summed E-state index contributed by atoms with van der Waals surface area (Å²) in [7, 11) is 0. The van der Waals surface area contributed by atoms with Crippen LogP contribution in [0.4, 0.5) is 0 Å². The van der Waals surface area contributed by atoms with Gasteiger partial charge in [-0.15, -0.1) is 0 Å². The summed E-state index contributed by atoms with van der Waals surface area (Å²) in [5, 5.41) is 15.5. The average Bonchev–Trinajstić information content (AvgIpc) is 2.77. The highest BCUT2D eigenvalue weighted by Crippen LogP contribution is 2.26.